The molecule has 1 aromatic carbocycles. The van der Waals surface area contributed by atoms with Gasteiger partial charge in [0.2, 0.25) is 11.8 Å². The highest BCUT2D eigenvalue weighted by atomic mass is 16.6. The van der Waals surface area contributed by atoms with Crippen molar-refractivity contribution in [2.75, 3.05) is 77.8 Å². The van der Waals surface area contributed by atoms with Crippen LogP contribution in [0.25, 0.3) is 0 Å². The molecule has 6 N–H and O–H groups in total. The smallest absolute Gasteiger partial charge is 0.312 e. The Morgan fingerprint density at radius 1 is 0.706 bits per heavy atom. The summed E-state index contributed by atoms with van der Waals surface area (Å²) in [7, 11) is 0. The van der Waals surface area contributed by atoms with Gasteiger partial charge in [0.25, 0.3) is 0 Å². The summed E-state index contributed by atoms with van der Waals surface area (Å²) in [4.78, 5) is 58.0. The lowest BCUT2D eigenvalue weighted by Gasteiger charge is -2.21. The van der Waals surface area contributed by atoms with Gasteiger partial charge in [-0.25, -0.2) is 4.79 Å². The lowest BCUT2D eigenvalue weighted by Crippen LogP contribution is -2.49. The normalized spacial score (nSPS) is 11.5. The second-order valence-electron chi connectivity index (χ2n) is 12.5. The van der Waals surface area contributed by atoms with E-state index in [9.17, 15) is 24.0 Å². The van der Waals surface area contributed by atoms with Crippen molar-refractivity contribution >= 4 is 35.3 Å². The highest BCUT2D eigenvalue weighted by molar-refractivity contribution is 5.95. The topological polar surface area (TPSA) is 206 Å². The molecule has 1 atom stereocenters. The number of anilines is 1. The van der Waals surface area contributed by atoms with Gasteiger partial charge in [-0.1, -0.05) is 60.6 Å². The third kappa shape index (κ3) is 26.8. The molecular weight excluding hydrogens is 662 g/mol. The lowest BCUT2D eigenvalue weighted by molar-refractivity contribution is -0.148. The molecule has 15 nitrogen and oxygen atoms in total. The van der Waals surface area contributed by atoms with Gasteiger partial charge in [-0.2, -0.15) is 0 Å². The summed E-state index contributed by atoms with van der Waals surface area (Å²) >= 11 is 0. The van der Waals surface area contributed by atoms with Crippen LogP contribution < -0.4 is 27.0 Å². The van der Waals surface area contributed by atoms with Crippen LogP contribution in [-0.4, -0.2) is 108 Å². The molecule has 0 heterocycles. The lowest BCUT2D eigenvalue weighted by atomic mass is 10.0. The number of nitrogens with one attached hydrogen (secondary N) is 4. The van der Waals surface area contributed by atoms with E-state index >= 15 is 0 Å². The molecule has 15 heteroatoms. The van der Waals surface area contributed by atoms with E-state index in [1.54, 1.807) is 38.1 Å². The van der Waals surface area contributed by atoms with E-state index in [0.29, 0.717) is 78.1 Å². The molecule has 0 fully saturated rings. The number of carbonyl (C=O) groups is 5. The minimum Gasteiger partial charge on any atom is -0.461 e. The predicted molar refractivity (Wildman–Crippen MR) is 195 cm³/mol. The molecule has 0 radical (unpaired) electrons. The standard InChI is InChI=1S/C32H53N3O9.C4H10N2O/c1-23(2)28(36)11-13-40-15-17-42-19-20-43-18-16-41-14-12-33-30(24(3)4)31(38)34-21-29(37)35-27-9-7-26(8-10-27)22-44-32(39)25(5)6;1-2-3-6-4(5)7/h7-10,23-25,30,33H,11-22H2,1-6H3,(H,34,38)(H,35,37);2-3H2,1H3,(H3,5,6,7). The number of carbonyl (C=O) groups excluding carboxylic acids is 5. The number of esters is 1. The molecule has 51 heavy (non-hydrogen) atoms. The monoisotopic (exact) mass is 725 g/mol. The first-order chi connectivity index (χ1) is 24.3. The third-order valence-corrected chi connectivity index (χ3v) is 6.88. The summed E-state index contributed by atoms with van der Waals surface area (Å²) in [6.45, 7) is 17.7. The van der Waals surface area contributed by atoms with Crippen molar-refractivity contribution < 1.29 is 47.7 Å². The van der Waals surface area contributed by atoms with Gasteiger partial charge in [0.05, 0.1) is 71.4 Å². The van der Waals surface area contributed by atoms with Crippen molar-refractivity contribution in [2.45, 2.75) is 74.0 Å². The van der Waals surface area contributed by atoms with Crippen LogP contribution in [0.1, 0.15) is 66.9 Å². The van der Waals surface area contributed by atoms with Gasteiger partial charge in [-0.05, 0) is 30.0 Å². The molecule has 0 aliphatic rings. The highest BCUT2D eigenvalue weighted by Crippen LogP contribution is 2.11. The fourth-order valence-electron chi connectivity index (χ4n) is 3.88. The molecule has 1 unspecified atom stereocenters. The molecule has 292 valence electrons. The van der Waals surface area contributed by atoms with E-state index in [-0.39, 0.29) is 54.5 Å². The van der Waals surface area contributed by atoms with E-state index in [4.69, 9.17) is 29.4 Å². The summed E-state index contributed by atoms with van der Waals surface area (Å²) in [6, 6.07) is 6.05. The van der Waals surface area contributed by atoms with Crippen LogP contribution in [0.3, 0.4) is 0 Å². The molecular formula is C36H63N5O10. The van der Waals surface area contributed by atoms with Crippen molar-refractivity contribution in [1.82, 2.24) is 16.0 Å². The number of urea groups is 1. The van der Waals surface area contributed by atoms with Crippen molar-refractivity contribution in [3.63, 3.8) is 0 Å². The molecule has 0 aromatic heterocycles. The zero-order valence-electron chi connectivity index (χ0n) is 31.7. The zero-order valence-corrected chi connectivity index (χ0v) is 31.7. The van der Waals surface area contributed by atoms with Crippen molar-refractivity contribution in [3.05, 3.63) is 29.8 Å². The van der Waals surface area contributed by atoms with Crippen molar-refractivity contribution in [2.24, 2.45) is 23.5 Å². The second-order valence-corrected chi connectivity index (χ2v) is 12.5. The first-order valence-electron chi connectivity index (χ1n) is 17.7. The van der Waals surface area contributed by atoms with E-state index in [0.717, 1.165) is 12.0 Å². The van der Waals surface area contributed by atoms with Crippen LogP contribution in [0, 0.1) is 17.8 Å². The maximum Gasteiger partial charge on any atom is 0.312 e. The number of benzene rings is 1. The summed E-state index contributed by atoms with van der Waals surface area (Å²) in [5.74, 6) is -0.835. The number of rotatable bonds is 27. The van der Waals surface area contributed by atoms with Crippen LogP contribution in [0.15, 0.2) is 24.3 Å². The fourth-order valence-corrected chi connectivity index (χ4v) is 3.88. The van der Waals surface area contributed by atoms with Gasteiger partial charge in [-0.3, -0.25) is 19.2 Å². The van der Waals surface area contributed by atoms with E-state index in [1.807, 2.05) is 34.6 Å². The first kappa shape index (κ1) is 47.4. The molecule has 0 aliphatic heterocycles. The molecule has 0 spiro atoms. The quantitative estimate of drug-likeness (QED) is 0.0659. The molecule has 0 bridgehead atoms. The number of hydrogen-bond donors (Lipinski definition) is 5. The summed E-state index contributed by atoms with van der Waals surface area (Å²) < 4.78 is 27.1. The zero-order chi connectivity index (χ0) is 38.4. The number of ketones is 1. The average Bonchev–Trinajstić information content (AvgIpc) is 3.08. The Bertz CT molecular complexity index is 1120. The van der Waals surface area contributed by atoms with Crippen molar-refractivity contribution in [3.8, 4) is 0 Å². The Kier molecular flexibility index (Phi) is 27.9. The van der Waals surface area contributed by atoms with Crippen molar-refractivity contribution in [1.29, 1.82) is 0 Å². The highest BCUT2D eigenvalue weighted by Gasteiger charge is 2.22. The average molecular weight is 726 g/mol. The van der Waals surface area contributed by atoms with Gasteiger partial charge in [0, 0.05) is 31.1 Å². The van der Waals surface area contributed by atoms with Gasteiger partial charge >= 0.3 is 12.0 Å². The van der Waals surface area contributed by atoms with Gasteiger partial charge in [-0.15, -0.1) is 0 Å². The van der Waals surface area contributed by atoms with E-state index < -0.39 is 12.1 Å². The van der Waals surface area contributed by atoms with E-state index in [1.165, 1.54) is 0 Å². The number of hydrogen-bond acceptors (Lipinski definition) is 11. The van der Waals surface area contributed by atoms with Gasteiger partial charge < -0.3 is 50.7 Å². The molecule has 1 aromatic rings. The first-order valence-corrected chi connectivity index (χ1v) is 17.7. The summed E-state index contributed by atoms with van der Waals surface area (Å²) in [5.41, 5.74) is 6.11. The predicted octanol–water partition coefficient (Wildman–Crippen LogP) is 2.80. The van der Waals surface area contributed by atoms with Gasteiger partial charge in [0.1, 0.15) is 12.4 Å². The maximum absolute atomic E-state index is 12.7. The number of amides is 4. The van der Waals surface area contributed by atoms with Gasteiger partial charge in [0.15, 0.2) is 0 Å². The Hall–Kier alpha value is -3.63. The molecule has 0 saturated heterocycles. The molecule has 0 saturated carbocycles. The van der Waals surface area contributed by atoms with Crippen LogP contribution in [-0.2, 0) is 49.5 Å². The molecule has 1 rings (SSSR count). The maximum atomic E-state index is 12.7. The summed E-state index contributed by atoms with van der Waals surface area (Å²) in [5, 5.41) is 11.0. The van der Waals surface area contributed by atoms with Crippen LogP contribution in [0.4, 0.5) is 10.5 Å². The SMILES string of the molecule is CC(C)C(=O)CCOCCOCCOCCOCCNC(C(=O)NCC(=O)Nc1ccc(COC(=O)C(C)C)cc1)C(C)C.CCCNC(N)=O. The third-order valence-electron chi connectivity index (χ3n) is 6.88. The molecule has 4 amide bonds. The van der Waals surface area contributed by atoms with E-state index in [2.05, 4.69) is 21.3 Å². The number of Topliss-reactive ketones (excluding diaryl/α,β-unsaturated/α-hetero) is 1. The summed E-state index contributed by atoms with van der Waals surface area (Å²) in [6.07, 6.45) is 1.36. The Morgan fingerprint density at radius 2 is 1.25 bits per heavy atom. The minimum atomic E-state index is -0.479. The Balaban J connectivity index is 0.00000321. The molecule has 0 aliphatic carbocycles. The van der Waals surface area contributed by atoms with Crippen LogP contribution in [0.5, 0.6) is 0 Å². The largest absolute Gasteiger partial charge is 0.461 e. The number of primary amides is 1. The Labute approximate surface area is 303 Å². The fraction of sp³-hybridized carbons (Fsp3) is 0.694. The Morgan fingerprint density at radius 3 is 1.73 bits per heavy atom. The van der Waals surface area contributed by atoms with Crippen LogP contribution in [0.2, 0.25) is 0 Å². The minimum absolute atomic E-state index is 0.00617. The number of ether oxygens (including phenoxy) is 5. The van der Waals surface area contributed by atoms with Crippen LogP contribution >= 0.6 is 0 Å². The number of nitrogens with two attached hydrogens (primary N) is 1. The second kappa shape index (κ2) is 30.0.